The first-order valence-corrected chi connectivity index (χ1v) is 11.7. The highest BCUT2D eigenvalue weighted by molar-refractivity contribution is 7.20. The summed E-state index contributed by atoms with van der Waals surface area (Å²) in [6.45, 7) is 4.47. The summed E-state index contributed by atoms with van der Waals surface area (Å²) in [6.07, 6.45) is 3.14. The van der Waals surface area contributed by atoms with Gasteiger partial charge in [-0.05, 0) is 55.3 Å². The normalized spacial score (nSPS) is 12.2. The summed E-state index contributed by atoms with van der Waals surface area (Å²) in [6, 6.07) is 16.1. The standard InChI is InChI=1S/C25H23FN6OS/c1-16-22-12-23(34-25(22)31(29-16)13-18-4-8-20(26)9-5-18)24(33)30(3)17(2)19-6-10-21(11-7-19)32-15-27-14-28-32/h4-12,14-15,17H,13H2,1-3H3. The second-order valence-electron chi connectivity index (χ2n) is 8.22. The van der Waals surface area contributed by atoms with Crippen LogP contribution in [0.4, 0.5) is 4.39 Å². The summed E-state index contributed by atoms with van der Waals surface area (Å²) in [5.74, 6) is -0.304. The van der Waals surface area contributed by atoms with Gasteiger partial charge in [0, 0.05) is 12.4 Å². The van der Waals surface area contributed by atoms with E-state index in [1.807, 2.05) is 55.9 Å². The average molecular weight is 475 g/mol. The lowest BCUT2D eigenvalue weighted by Crippen LogP contribution is -2.29. The zero-order valence-corrected chi connectivity index (χ0v) is 19.8. The fourth-order valence-electron chi connectivity index (χ4n) is 3.91. The molecule has 3 heterocycles. The number of rotatable bonds is 6. The van der Waals surface area contributed by atoms with E-state index in [-0.39, 0.29) is 17.8 Å². The molecule has 0 aliphatic carbocycles. The number of hydrogen-bond acceptors (Lipinski definition) is 5. The van der Waals surface area contributed by atoms with Crippen molar-refractivity contribution in [3.8, 4) is 5.69 Å². The number of fused-ring (bicyclic) bond motifs is 1. The minimum atomic E-state index is -0.264. The van der Waals surface area contributed by atoms with E-state index >= 15 is 0 Å². The van der Waals surface area contributed by atoms with Gasteiger partial charge in [0.05, 0.1) is 28.8 Å². The van der Waals surface area contributed by atoms with Gasteiger partial charge in [-0.1, -0.05) is 24.3 Å². The second-order valence-corrected chi connectivity index (χ2v) is 9.25. The Morgan fingerprint density at radius 2 is 1.88 bits per heavy atom. The van der Waals surface area contributed by atoms with Gasteiger partial charge in [-0.2, -0.15) is 10.2 Å². The van der Waals surface area contributed by atoms with Gasteiger partial charge in [-0.15, -0.1) is 11.3 Å². The molecule has 1 amide bonds. The molecule has 172 valence electrons. The van der Waals surface area contributed by atoms with Gasteiger partial charge in [-0.3, -0.25) is 9.48 Å². The number of carbonyl (C=O) groups excluding carboxylic acids is 1. The third-order valence-electron chi connectivity index (χ3n) is 6.02. The van der Waals surface area contributed by atoms with Crippen LogP contribution in [0.15, 0.2) is 67.3 Å². The zero-order valence-electron chi connectivity index (χ0n) is 19.0. The van der Waals surface area contributed by atoms with Crippen LogP contribution in [0.1, 0.15) is 39.5 Å². The van der Waals surface area contributed by atoms with Crippen molar-refractivity contribution in [1.29, 1.82) is 0 Å². The molecule has 0 saturated heterocycles. The SMILES string of the molecule is Cc1nn(Cc2ccc(F)cc2)c2sc(C(=O)N(C)C(C)c3ccc(-n4cncn4)cc3)cc12. The van der Waals surface area contributed by atoms with Gasteiger partial charge < -0.3 is 4.90 Å². The molecule has 0 N–H and O–H groups in total. The maximum absolute atomic E-state index is 13.3. The molecule has 0 spiro atoms. The average Bonchev–Trinajstić information content (AvgIpc) is 3.59. The number of aryl methyl sites for hydroxylation is 1. The quantitative estimate of drug-likeness (QED) is 0.347. The highest BCUT2D eigenvalue weighted by Gasteiger charge is 2.23. The van der Waals surface area contributed by atoms with Gasteiger partial charge >= 0.3 is 0 Å². The van der Waals surface area contributed by atoms with Crippen molar-refractivity contribution < 1.29 is 9.18 Å². The molecule has 1 unspecified atom stereocenters. The summed E-state index contributed by atoms with van der Waals surface area (Å²) in [4.78, 5) is 20.7. The van der Waals surface area contributed by atoms with Gasteiger partial charge in [0.1, 0.15) is 23.3 Å². The van der Waals surface area contributed by atoms with Crippen LogP contribution in [-0.2, 0) is 6.54 Å². The van der Waals surface area contributed by atoms with Crippen molar-refractivity contribution in [3.63, 3.8) is 0 Å². The van der Waals surface area contributed by atoms with Crippen LogP contribution >= 0.6 is 11.3 Å². The van der Waals surface area contributed by atoms with E-state index in [1.54, 1.807) is 28.0 Å². The maximum Gasteiger partial charge on any atom is 0.264 e. The Kier molecular flexibility index (Phi) is 5.70. The van der Waals surface area contributed by atoms with Crippen molar-refractivity contribution in [3.05, 3.63) is 94.8 Å². The molecule has 0 aliphatic heterocycles. The first-order chi connectivity index (χ1) is 16.4. The van der Waals surface area contributed by atoms with Crippen molar-refractivity contribution >= 4 is 27.5 Å². The molecule has 5 aromatic rings. The third kappa shape index (κ3) is 4.10. The lowest BCUT2D eigenvalue weighted by Gasteiger charge is -2.25. The van der Waals surface area contributed by atoms with Crippen LogP contribution in [0, 0.1) is 12.7 Å². The first kappa shape index (κ1) is 22.0. The number of hydrogen-bond donors (Lipinski definition) is 0. The molecule has 2 aromatic carbocycles. The zero-order chi connectivity index (χ0) is 23.8. The number of amides is 1. The topological polar surface area (TPSA) is 68.8 Å². The number of nitrogens with zero attached hydrogens (tertiary/aromatic N) is 6. The number of halogens is 1. The molecule has 34 heavy (non-hydrogen) atoms. The molecule has 1 atom stereocenters. The van der Waals surface area contributed by atoms with E-state index in [1.165, 1.54) is 29.8 Å². The molecule has 9 heteroatoms. The fourth-order valence-corrected chi connectivity index (χ4v) is 5.05. The Bertz CT molecular complexity index is 1440. The largest absolute Gasteiger partial charge is 0.334 e. The van der Waals surface area contributed by atoms with E-state index in [9.17, 15) is 9.18 Å². The molecule has 0 bridgehead atoms. The lowest BCUT2D eigenvalue weighted by atomic mass is 10.1. The lowest BCUT2D eigenvalue weighted by molar-refractivity contribution is 0.0747. The van der Waals surface area contributed by atoms with Gasteiger partial charge in [0.25, 0.3) is 5.91 Å². The molecule has 0 fully saturated rings. The Hall–Kier alpha value is -3.85. The molecule has 0 radical (unpaired) electrons. The predicted octanol–water partition coefficient (Wildman–Crippen LogP) is 5.01. The van der Waals surface area contributed by atoms with Crippen LogP contribution in [0.5, 0.6) is 0 Å². The minimum Gasteiger partial charge on any atom is -0.334 e. The van der Waals surface area contributed by atoms with Crippen LogP contribution in [0.3, 0.4) is 0 Å². The van der Waals surface area contributed by atoms with Crippen LogP contribution in [0.25, 0.3) is 15.9 Å². The number of thiophene rings is 1. The first-order valence-electron chi connectivity index (χ1n) is 10.8. The van der Waals surface area contributed by atoms with Crippen LogP contribution in [-0.4, -0.2) is 42.4 Å². The van der Waals surface area contributed by atoms with E-state index in [2.05, 4.69) is 15.2 Å². The van der Waals surface area contributed by atoms with Gasteiger partial charge in [-0.25, -0.2) is 14.1 Å². The van der Waals surface area contributed by atoms with Gasteiger partial charge in [0.15, 0.2) is 0 Å². The van der Waals surface area contributed by atoms with E-state index in [0.29, 0.717) is 11.4 Å². The Morgan fingerprint density at radius 3 is 2.56 bits per heavy atom. The monoisotopic (exact) mass is 474 g/mol. The van der Waals surface area contributed by atoms with Crippen molar-refractivity contribution in [2.24, 2.45) is 0 Å². The van der Waals surface area contributed by atoms with Crippen molar-refractivity contribution in [2.45, 2.75) is 26.4 Å². The molecule has 0 aliphatic rings. The Morgan fingerprint density at radius 1 is 1.15 bits per heavy atom. The third-order valence-corrected chi connectivity index (χ3v) is 7.16. The fraction of sp³-hybridized carbons (Fsp3) is 0.200. The molecule has 5 rings (SSSR count). The summed E-state index contributed by atoms with van der Waals surface area (Å²) >= 11 is 1.43. The molecular weight excluding hydrogens is 451 g/mol. The predicted molar refractivity (Wildman–Crippen MR) is 130 cm³/mol. The van der Waals surface area contributed by atoms with Crippen LogP contribution < -0.4 is 0 Å². The second kappa shape index (κ2) is 8.83. The molecular formula is C25H23FN6OS. The summed E-state index contributed by atoms with van der Waals surface area (Å²) in [7, 11) is 1.82. The Labute approximate surface area is 200 Å². The van der Waals surface area contributed by atoms with Crippen molar-refractivity contribution in [1.82, 2.24) is 29.4 Å². The highest BCUT2D eigenvalue weighted by atomic mass is 32.1. The smallest absolute Gasteiger partial charge is 0.264 e. The van der Waals surface area contributed by atoms with Gasteiger partial charge in [0.2, 0.25) is 0 Å². The number of carbonyl (C=O) groups is 1. The number of benzene rings is 2. The minimum absolute atomic E-state index is 0.0400. The van der Waals surface area contributed by atoms with Crippen LogP contribution in [0.2, 0.25) is 0 Å². The number of aromatic nitrogens is 5. The molecule has 7 nitrogen and oxygen atoms in total. The van der Waals surface area contributed by atoms with E-state index in [4.69, 9.17) is 0 Å². The maximum atomic E-state index is 13.3. The van der Waals surface area contributed by atoms with Crippen molar-refractivity contribution in [2.75, 3.05) is 7.05 Å². The summed E-state index contributed by atoms with van der Waals surface area (Å²) < 4.78 is 16.8. The van der Waals surface area contributed by atoms with E-state index in [0.717, 1.165) is 32.7 Å². The van der Waals surface area contributed by atoms with E-state index < -0.39 is 0 Å². The Balaban J connectivity index is 1.36. The molecule has 3 aromatic heterocycles. The summed E-state index contributed by atoms with van der Waals surface area (Å²) in [5.41, 5.74) is 3.76. The highest BCUT2D eigenvalue weighted by Crippen LogP contribution is 2.31. The molecule has 0 saturated carbocycles. The summed E-state index contributed by atoms with van der Waals surface area (Å²) in [5, 5.41) is 9.73.